The van der Waals surface area contributed by atoms with Crippen LogP contribution in [0.2, 0.25) is 0 Å². The molecule has 0 bridgehead atoms. The van der Waals surface area contributed by atoms with Crippen LogP contribution in [0.25, 0.3) is 5.52 Å². The molecule has 17 heavy (non-hydrogen) atoms. The van der Waals surface area contributed by atoms with Gasteiger partial charge in [0, 0.05) is 6.42 Å². The molecule has 0 spiro atoms. The minimum Gasteiger partial charge on any atom is -0.494 e. The van der Waals surface area contributed by atoms with Gasteiger partial charge in [-0.2, -0.15) is 11.8 Å². The minimum absolute atomic E-state index is 0.290. The number of imidazole rings is 1. The summed E-state index contributed by atoms with van der Waals surface area (Å²) in [5.74, 6) is 4.51. The predicted octanol–water partition coefficient (Wildman–Crippen LogP) is 2.73. The number of aromatic hydroxyl groups is 1. The van der Waals surface area contributed by atoms with E-state index in [1.165, 1.54) is 24.3 Å². The maximum atomic E-state index is 9.89. The second kappa shape index (κ2) is 4.61. The summed E-state index contributed by atoms with van der Waals surface area (Å²) in [7, 11) is 0. The SMILES string of the molecule is Oc1cccc2cnc(CC3CCCSC3)n12. The fourth-order valence-corrected chi connectivity index (χ4v) is 3.62. The molecule has 2 aromatic rings. The number of aromatic nitrogens is 2. The first-order chi connectivity index (χ1) is 8.34. The van der Waals surface area contributed by atoms with E-state index >= 15 is 0 Å². The van der Waals surface area contributed by atoms with Gasteiger partial charge in [0.05, 0.1) is 11.7 Å². The molecule has 0 saturated carbocycles. The van der Waals surface area contributed by atoms with Crippen LogP contribution in [0, 0.1) is 5.92 Å². The molecule has 90 valence electrons. The highest BCUT2D eigenvalue weighted by Crippen LogP contribution is 2.26. The Morgan fingerprint density at radius 1 is 1.47 bits per heavy atom. The Bertz CT molecular complexity index is 517. The van der Waals surface area contributed by atoms with Crippen molar-refractivity contribution in [3.8, 4) is 5.88 Å². The van der Waals surface area contributed by atoms with Gasteiger partial charge in [0.15, 0.2) is 5.88 Å². The monoisotopic (exact) mass is 248 g/mol. The fourth-order valence-electron chi connectivity index (χ4n) is 2.47. The topological polar surface area (TPSA) is 37.5 Å². The van der Waals surface area contributed by atoms with Crippen LogP contribution >= 0.6 is 11.8 Å². The number of rotatable bonds is 2. The minimum atomic E-state index is 0.290. The van der Waals surface area contributed by atoms with Gasteiger partial charge in [-0.25, -0.2) is 4.98 Å². The summed E-state index contributed by atoms with van der Waals surface area (Å²) in [5.41, 5.74) is 0.975. The summed E-state index contributed by atoms with van der Waals surface area (Å²) in [6.07, 6.45) is 5.41. The average Bonchev–Trinajstić information content (AvgIpc) is 2.75. The lowest BCUT2D eigenvalue weighted by Crippen LogP contribution is -2.14. The lowest BCUT2D eigenvalue weighted by molar-refractivity contribution is 0.436. The van der Waals surface area contributed by atoms with Gasteiger partial charge in [0.25, 0.3) is 0 Å². The van der Waals surface area contributed by atoms with Crippen LogP contribution < -0.4 is 0 Å². The highest BCUT2D eigenvalue weighted by atomic mass is 32.2. The van der Waals surface area contributed by atoms with Crippen molar-refractivity contribution in [1.29, 1.82) is 0 Å². The molecular formula is C13H16N2OS. The lowest BCUT2D eigenvalue weighted by Gasteiger charge is -2.20. The quantitative estimate of drug-likeness (QED) is 0.888. The molecule has 0 radical (unpaired) electrons. The molecule has 0 aromatic carbocycles. The Hall–Kier alpha value is -1.16. The van der Waals surface area contributed by atoms with Crippen molar-refractivity contribution in [3.63, 3.8) is 0 Å². The van der Waals surface area contributed by atoms with Gasteiger partial charge >= 0.3 is 0 Å². The smallest absolute Gasteiger partial charge is 0.197 e. The van der Waals surface area contributed by atoms with Crippen LogP contribution in [0.15, 0.2) is 24.4 Å². The molecule has 3 rings (SSSR count). The second-order valence-corrected chi connectivity index (χ2v) is 5.76. The van der Waals surface area contributed by atoms with Crippen LogP contribution in [-0.4, -0.2) is 26.0 Å². The highest BCUT2D eigenvalue weighted by Gasteiger charge is 2.17. The number of thioether (sulfide) groups is 1. The van der Waals surface area contributed by atoms with Crippen LogP contribution in [-0.2, 0) is 6.42 Å². The van der Waals surface area contributed by atoms with E-state index in [9.17, 15) is 5.11 Å². The van der Waals surface area contributed by atoms with Crippen molar-refractivity contribution in [2.45, 2.75) is 19.3 Å². The summed E-state index contributed by atoms with van der Waals surface area (Å²) in [5, 5.41) is 9.89. The van der Waals surface area contributed by atoms with Crippen molar-refractivity contribution in [2.24, 2.45) is 5.92 Å². The standard InChI is InChI=1S/C13H16N2OS/c16-13-5-1-4-11-8-14-12(15(11)13)7-10-3-2-6-17-9-10/h1,4-5,8,10,16H,2-3,6-7,9H2. The molecular weight excluding hydrogens is 232 g/mol. The number of hydrogen-bond acceptors (Lipinski definition) is 3. The molecule has 1 fully saturated rings. The molecule has 1 aliphatic heterocycles. The van der Waals surface area contributed by atoms with Gasteiger partial charge in [-0.3, -0.25) is 4.40 Å². The lowest BCUT2D eigenvalue weighted by atomic mass is 10.0. The average molecular weight is 248 g/mol. The van der Waals surface area contributed by atoms with E-state index in [1.807, 2.05) is 34.5 Å². The Labute approximate surface area is 105 Å². The van der Waals surface area contributed by atoms with Crippen molar-refractivity contribution < 1.29 is 5.11 Å². The zero-order chi connectivity index (χ0) is 11.7. The molecule has 1 saturated heterocycles. The first-order valence-electron chi connectivity index (χ1n) is 6.06. The Balaban J connectivity index is 1.89. The van der Waals surface area contributed by atoms with Crippen molar-refractivity contribution in [3.05, 3.63) is 30.2 Å². The zero-order valence-electron chi connectivity index (χ0n) is 9.67. The maximum absolute atomic E-state index is 9.89. The van der Waals surface area contributed by atoms with E-state index in [2.05, 4.69) is 4.98 Å². The third-order valence-electron chi connectivity index (χ3n) is 3.33. The molecule has 0 aliphatic carbocycles. The number of fused-ring (bicyclic) bond motifs is 1. The summed E-state index contributed by atoms with van der Waals surface area (Å²) in [4.78, 5) is 4.44. The van der Waals surface area contributed by atoms with Gasteiger partial charge in [-0.05, 0) is 42.4 Å². The van der Waals surface area contributed by atoms with Gasteiger partial charge in [0.2, 0.25) is 0 Å². The van der Waals surface area contributed by atoms with Crippen LogP contribution in [0.5, 0.6) is 5.88 Å². The van der Waals surface area contributed by atoms with E-state index in [0.29, 0.717) is 11.8 Å². The van der Waals surface area contributed by atoms with E-state index in [4.69, 9.17) is 0 Å². The maximum Gasteiger partial charge on any atom is 0.197 e. The first kappa shape index (κ1) is 11.0. The number of pyridine rings is 1. The Morgan fingerprint density at radius 3 is 3.24 bits per heavy atom. The van der Waals surface area contributed by atoms with Gasteiger partial charge in [0.1, 0.15) is 5.82 Å². The first-order valence-corrected chi connectivity index (χ1v) is 7.22. The number of hydrogen-bond donors (Lipinski definition) is 1. The zero-order valence-corrected chi connectivity index (χ0v) is 10.5. The molecule has 2 aromatic heterocycles. The van der Waals surface area contributed by atoms with Gasteiger partial charge in [-0.15, -0.1) is 0 Å². The van der Waals surface area contributed by atoms with Crippen molar-refractivity contribution in [1.82, 2.24) is 9.38 Å². The van der Waals surface area contributed by atoms with E-state index in [0.717, 1.165) is 17.8 Å². The second-order valence-electron chi connectivity index (χ2n) is 4.61. The third kappa shape index (κ3) is 2.14. The Morgan fingerprint density at radius 2 is 2.41 bits per heavy atom. The Kier molecular flexibility index (Phi) is 2.97. The number of nitrogens with zero attached hydrogens (tertiary/aromatic N) is 2. The van der Waals surface area contributed by atoms with Crippen molar-refractivity contribution in [2.75, 3.05) is 11.5 Å². The predicted molar refractivity (Wildman–Crippen MR) is 70.6 cm³/mol. The van der Waals surface area contributed by atoms with Crippen LogP contribution in [0.1, 0.15) is 18.7 Å². The molecule has 3 heterocycles. The normalized spacial score (nSPS) is 20.8. The summed E-state index contributed by atoms with van der Waals surface area (Å²) in [6.45, 7) is 0. The van der Waals surface area contributed by atoms with Gasteiger partial charge in [-0.1, -0.05) is 6.07 Å². The van der Waals surface area contributed by atoms with Crippen LogP contribution in [0.4, 0.5) is 0 Å². The molecule has 1 aliphatic rings. The summed E-state index contributed by atoms with van der Waals surface area (Å²) in [6, 6.07) is 5.55. The van der Waals surface area contributed by atoms with E-state index in [1.54, 1.807) is 6.07 Å². The molecule has 3 nitrogen and oxygen atoms in total. The molecule has 1 atom stereocenters. The fraction of sp³-hybridized carbons (Fsp3) is 0.462. The molecule has 1 unspecified atom stereocenters. The highest BCUT2D eigenvalue weighted by molar-refractivity contribution is 7.99. The largest absolute Gasteiger partial charge is 0.494 e. The molecule has 0 amide bonds. The summed E-state index contributed by atoms with van der Waals surface area (Å²) >= 11 is 2.03. The van der Waals surface area contributed by atoms with Gasteiger partial charge < -0.3 is 5.11 Å². The summed E-state index contributed by atoms with van der Waals surface area (Å²) < 4.78 is 1.86. The third-order valence-corrected chi connectivity index (χ3v) is 4.61. The molecule has 4 heteroatoms. The molecule has 1 N–H and O–H groups in total. The van der Waals surface area contributed by atoms with Crippen molar-refractivity contribution >= 4 is 17.3 Å². The van der Waals surface area contributed by atoms with E-state index < -0.39 is 0 Å². The van der Waals surface area contributed by atoms with Crippen LogP contribution in [0.3, 0.4) is 0 Å². The van der Waals surface area contributed by atoms with E-state index in [-0.39, 0.29) is 0 Å².